The Morgan fingerprint density at radius 1 is 1.00 bits per heavy atom. The van der Waals surface area contributed by atoms with Crippen molar-refractivity contribution in [1.82, 2.24) is 14.9 Å². The van der Waals surface area contributed by atoms with E-state index in [1.54, 1.807) is 19.2 Å². The number of halogens is 1. The highest BCUT2D eigenvalue weighted by atomic mass is 35.5. The molecule has 0 bridgehead atoms. The Kier molecular flexibility index (Phi) is 7.07. The predicted molar refractivity (Wildman–Crippen MR) is 128 cm³/mol. The summed E-state index contributed by atoms with van der Waals surface area (Å²) in [5.41, 5.74) is 4.24. The number of aryl methyl sites for hydroxylation is 1. The molecule has 0 saturated carbocycles. The zero-order chi connectivity index (χ0) is 22.3. The average Bonchev–Trinajstić information content (AvgIpc) is 3.16. The maximum atomic E-state index is 12.2. The van der Waals surface area contributed by atoms with E-state index in [9.17, 15) is 4.79 Å². The van der Waals surface area contributed by atoms with Gasteiger partial charge >= 0.3 is 0 Å². The van der Waals surface area contributed by atoms with Crippen LogP contribution in [0.2, 0.25) is 5.02 Å². The molecule has 0 fully saturated rings. The van der Waals surface area contributed by atoms with Crippen molar-refractivity contribution in [2.24, 2.45) is 0 Å². The number of hydrogen-bond acceptors (Lipinski definition) is 3. The Hall–Kier alpha value is -3.31. The van der Waals surface area contributed by atoms with Crippen molar-refractivity contribution >= 4 is 28.5 Å². The van der Waals surface area contributed by atoms with Crippen LogP contribution in [0.25, 0.3) is 11.0 Å². The second-order valence-electron chi connectivity index (χ2n) is 7.71. The van der Waals surface area contributed by atoms with Gasteiger partial charge in [0.15, 0.2) is 0 Å². The number of imidazole rings is 1. The molecule has 3 aromatic carbocycles. The number of carbonyl (C=O) groups excluding carboxylic acids is 1. The van der Waals surface area contributed by atoms with Crippen LogP contribution in [0, 0.1) is 0 Å². The second-order valence-corrected chi connectivity index (χ2v) is 8.14. The molecular formula is C26H26ClN3O2. The lowest BCUT2D eigenvalue weighted by molar-refractivity contribution is -0.120. The molecule has 0 atom stereocenters. The lowest BCUT2D eigenvalue weighted by atomic mass is 10.1. The lowest BCUT2D eigenvalue weighted by Gasteiger charge is -2.11. The second kappa shape index (κ2) is 10.3. The Labute approximate surface area is 193 Å². The number of ether oxygens (including phenoxy) is 1. The third-order valence-corrected chi connectivity index (χ3v) is 5.66. The number of rotatable bonds is 9. The fraction of sp³-hybridized carbons (Fsp3) is 0.231. The number of hydrogen-bond donors (Lipinski definition) is 1. The molecule has 1 N–H and O–H groups in total. The van der Waals surface area contributed by atoms with Crippen molar-refractivity contribution in [3.05, 3.63) is 94.8 Å². The molecule has 0 aliphatic carbocycles. The molecule has 4 rings (SSSR count). The molecule has 164 valence electrons. The smallest absolute Gasteiger partial charge is 0.224 e. The van der Waals surface area contributed by atoms with Crippen LogP contribution in [0.5, 0.6) is 5.75 Å². The Morgan fingerprint density at radius 2 is 1.72 bits per heavy atom. The maximum absolute atomic E-state index is 12.2. The first-order valence-corrected chi connectivity index (χ1v) is 11.1. The standard InChI is InChI=1S/C26H26ClN3O2/c1-32-22-14-10-20(11-15-22)18-30-24-6-3-2-5-23(24)29-25(30)7-4-16-28-26(31)17-19-8-12-21(27)13-9-19/h2-3,5-6,8-15H,4,7,16-18H2,1H3,(H,28,31). The zero-order valence-corrected chi connectivity index (χ0v) is 18.8. The molecule has 0 radical (unpaired) electrons. The van der Waals surface area contributed by atoms with Gasteiger partial charge < -0.3 is 14.6 Å². The molecule has 1 heterocycles. The van der Waals surface area contributed by atoms with E-state index in [-0.39, 0.29) is 5.91 Å². The molecule has 5 nitrogen and oxygen atoms in total. The number of nitrogens with one attached hydrogen (secondary N) is 1. The van der Waals surface area contributed by atoms with Crippen molar-refractivity contribution in [2.75, 3.05) is 13.7 Å². The minimum absolute atomic E-state index is 0.0130. The first-order chi connectivity index (χ1) is 15.6. The van der Waals surface area contributed by atoms with Crippen LogP contribution in [0.3, 0.4) is 0 Å². The SMILES string of the molecule is COc1ccc(Cn2c(CCCNC(=O)Cc3ccc(Cl)cc3)nc3ccccc32)cc1. The summed E-state index contributed by atoms with van der Waals surface area (Å²) in [7, 11) is 1.67. The summed E-state index contributed by atoms with van der Waals surface area (Å²) in [6, 6.07) is 23.7. The highest BCUT2D eigenvalue weighted by Crippen LogP contribution is 2.20. The summed E-state index contributed by atoms with van der Waals surface area (Å²) in [5, 5.41) is 3.68. The largest absolute Gasteiger partial charge is 0.497 e. The molecule has 0 aliphatic heterocycles. The van der Waals surface area contributed by atoms with Gasteiger partial charge in [0, 0.05) is 24.5 Å². The molecule has 1 amide bonds. The Bertz CT molecular complexity index is 1180. The van der Waals surface area contributed by atoms with E-state index in [0.717, 1.165) is 47.6 Å². The van der Waals surface area contributed by atoms with Gasteiger partial charge in [0.05, 0.1) is 24.6 Å². The van der Waals surface area contributed by atoms with Crippen LogP contribution in [0.1, 0.15) is 23.4 Å². The molecule has 6 heteroatoms. The highest BCUT2D eigenvalue weighted by Gasteiger charge is 2.11. The number of benzene rings is 3. The van der Waals surface area contributed by atoms with Crippen LogP contribution in [0.15, 0.2) is 72.8 Å². The molecule has 1 aromatic heterocycles. The van der Waals surface area contributed by atoms with Gasteiger partial charge in [-0.25, -0.2) is 4.98 Å². The van der Waals surface area contributed by atoms with Crippen LogP contribution in [0.4, 0.5) is 0 Å². The fourth-order valence-corrected chi connectivity index (χ4v) is 3.86. The van der Waals surface area contributed by atoms with Gasteiger partial charge in [-0.15, -0.1) is 0 Å². The summed E-state index contributed by atoms with van der Waals surface area (Å²) in [5.74, 6) is 1.88. The topological polar surface area (TPSA) is 56.1 Å². The van der Waals surface area contributed by atoms with Gasteiger partial charge in [-0.3, -0.25) is 4.79 Å². The maximum Gasteiger partial charge on any atom is 0.224 e. The van der Waals surface area contributed by atoms with Crippen LogP contribution in [-0.2, 0) is 24.2 Å². The van der Waals surface area contributed by atoms with Gasteiger partial charge in [0.25, 0.3) is 0 Å². The van der Waals surface area contributed by atoms with Crippen LogP contribution >= 0.6 is 11.6 Å². The van der Waals surface area contributed by atoms with Crippen LogP contribution < -0.4 is 10.1 Å². The number of amides is 1. The number of aromatic nitrogens is 2. The van der Waals surface area contributed by atoms with Gasteiger partial charge in [-0.1, -0.05) is 48.0 Å². The van der Waals surface area contributed by atoms with E-state index in [1.165, 1.54) is 5.56 Å². The van der Waals surface area contributed by atoms with Crippen molar-refractivity contribution in [3.8, 4) is 5.75 Å². The summed E-state index contributed by atoms with van der Waals surface area (Å²) < 4.78 is 7.52. The molecule has 4 aromatic rings. The third-order valence-electron chi connectivity index (χ3n) is 5.41. The predicted octanol–water partition coefficient (Wildman–Crippen LogP) is 5.04. The lowest BCUT2D eigenvalue weighted by Crippen LogP contribution is -2.26. The minimum atomic E-state index is 0.0130. The molecule has 0 unspecified atom stereocenters. The minimum Gasteiger partial charge on any atom is -0.497 e. The van der Waals surface area contributed by atoms with E-state index in [0.29, 0.717) is 18.0 Å². The van der Waals surface area contributed by atoms with Crippen molar-refractivity contribution < 1.29 is 9.53 Å². The van der Waals surface area contributed by atoms with E-state index in [4.69, 9.17) is 21.3 Å². The van der Waals surface area contributed by atoms with Gasteiger partial charge in [-0.05, 0) is 53.9 Å². The normalized spacial score (nSPS) is 10.9. The summed E-state index contributed by atoms with van der Waals surface area (Å²) >= 11 is 5.90. The van der Waals surface area contributed by atoms with Crippen molar-refractivity contribution in [1.29, 1.82) is 0 Å². The van der Waals surface area contributed by atoms with Gasteiger partial charge in [-0.2, -0.15) is 0 Å². The molecule has 0 spiro atoms. The summed E-state index contributed by atoms with van der Waals surface area (Å²) in [6.45, 7) is 1.35. The summed E-state index contributed by atoms with van der Waals surface area (Å²) in [4.78, 5) is 17.1. The van der Waals surface area contributed by atoms with Crippen LogP contribution in [-0.4, -0.2) is 29.1 Å². The molecule has 32 heavy (non-hydrogen) atoms. The molecule has 0 saturated heterocycles. The number of para-hydroxylation sites is 2. The number of methoxy groups -OCH3 is 1. The first kappa shape index (κ1) is 21.9. The van der Waals surface area contributed by atoms with E-state index in [2.05, 4.69) is 28.1 Å². The third kappa shape index (κ3) is 5.48. The monoisotopic (exact) mass is 447 g/mol. The van der Waals surface area contributed by atoms with Crippen molar-refractivity contribution in [2.45, 2.75) is 25.8 Å². The number of nitrogens with zero attached hydrogens (tertiary/aromatic N) is 2. The van der Waals surface area contributed by atoms with E-state index in [1.807, 2.05) is 42.5 Å². The van der Waals surface area contributed by atoms with E-state index < -0.39 is 0 Å². The quantitative estimate of drug-likeness (QED) is 0.366. The molecular weight excluding hydrogens is 422 g/mol. The van der Waals surface area contributed by atoms with Crippen molar-refractivity contribution in [3.63, 3.8) is 0 Å². The fourth-order valence-electron chi connectivity index (χ4n) is 3.73. The van der Waals surface area contributed by atoms with Gasteiger partial charge in [0.2, 0.25) is 5.91 Å². The Morgan fingerprint density at radius 3 is 2.47 bits per heavy atom. The van der Waals surface area contributed by atoms with E-state index >= 15 is 0 Å². The Balaban J connectivity index is 1.38. The first-order valence-electron chi connectivity index (χ1n) is 10.7. The zero-order valence-electron chi connectivity index (χ0n) is 18.1. The number of carbonyl (C=O) groups is 1. The summed E-state index contributed by atoms with van der Waals surface area (Å²) in [6.07, 6.45) is 1.96. The number of fused-ring (bicyclic) bond motifs is 1. The molecule has 0 aliphatic rings. The average molecular weight is 448 g/mol. The highest BCUT2D eigenvalue weighted by molar-refractivity contribution is 6.30. The van der Waals surface area contributed by atoms with Gasteiger partial charge in [0.1, 0.15) is 11.6 Å².